The van der Waals surface area contributed by atoms with Crippen molar-refractivity contribution in [3.8, 4) is 5.75 Å². The second-order valence-electron chi connectivity index (χ2n) is 7.98. The number of amides is 1. The lowest BCUT2D eigenvalue weighted by atomic mass is 10.1. The molecule has 1 amide bonds. The van der Waals surface area contributed by atoms with E-state index >= 15 is 0 Å². The van der Waals surface area contributed by atoms with Crippen LogP contribution in [0.15, 0.2) is 30.3 Å². The molecule has 1 saturated heterocycles. The van der Waals surface area contributed by atoms with Crippen LogP contribution in [-0.2, 0) is 4.74 Å². The molecule has 170 valence electrons. The van der Waals surface area contributed by atoms with Gasteiger partial charge in [0.15, 0.2) is 5.13 Å². The number of hydrogen-bond donors (Lipinski definition) is 0. The molecule has 4 rings (SSSR count). The lowest BCUT2D eigenvalue weighted by Crippen LogP contribution is -2.39. The van der Waals surface area contributed by atoms with Gasteiger partial charge in [-0.1, -0.05) is 35.1 Å². The number of fused-ring (bicyclic) bond motifs is 1. The summed E-state index contributed by atoms with van der Waals surface area (Å²) in [5.41, 5.74) is 3.66. The van der Waals surface area contributed by atoms with E-state index < -0.39 is 0 Å². The number of halogens is 1. The van der Waals surface area contributed by atoms with Crippen LogP contribution in [0.25, 0.3) is 10.2 Å². The standard InChI is InChI=1S/C24H28ClN3O3S/c1-16-5-6-17(2)22-21(16)26-24(32-22)28(10-4-9-27-11-13-31-14-12-27)23(29)19-15-18(25)7-8-20(19)30-3/h5-8,15H,4,9-14H2,1-3H3. The Morgan fingerprint density at radius 2 is 1.97 bits per heavy atom. The number of hydrogen-bond acceptors (Lipinski definition) is 6. The number of aromatic nitrogens is 1. The van der Waals surface area contributed by atoms with Crippen LogP contribution in [0.5, 0.6) is 5.75 Å². The maximum Gasteiger partial charge on any atom is 0.263 e. The maximum atomic E-state index is 13.7. The number of benzene rings is 2. The summed E-state index contributed by atoms with van der Waals surface area (Å²) in [5, 5.41) is 1.20. The first-order valence-electron chi connectivity index (χ1n) is 10.8. The van der Waals surface area contributed by atoms with Crippen LogP contribution >= 0.6 is 22.9 Å². The minimum absolute atomic E-state index is 0.152. The van der Waals surface area contributed by atoms with Crippen LogP contribution < -0.4 is 9.64 Å². The predicted octanol–water partition coefficient (Wildman–Crippen LogP) is 4.94. The van der Waals surface area contributed by atoms with Crippen LogP contribution in [0.3, 0.4) is 0 Å². The summed E-state index contributed by atoms with van der Waals surface area (Å²) in [4.78, 5) is 22.8. The highest BCUT2D eigenvalue weighted by atomic mass is 35.5. The smallest absolute Gasteiger partial charge is 0.263 e. The molecule has 0 spiro atoms. The van der Waals surface area contributed by atoms with Crippen molar-refractivity contribution in [2.45, 2.75) is 20.3 Å². The van der Waals surface area contributed by atoms with Gasteiger partial charge in [0.05, 0.1) is 36.1 Å². The molecule has 32 heavy (non-hydrogen) atoms. The van der Waals surface area contributed by atoms with Crippen molar-refractivity contribution >= 4 is 44.2 Å². The minimum atomic E-state index is -0.152. The average Bonchev–Trinajstić information content (AvgIpc) is 3.26. The van der Waals surface area contributed by atoms with Gasteiger partial charge in [-0.2, -0.15) is 0 Å². The lowest BCUT2D eigenvalue weighted by Gasteiger charge is -2.28. The Morgan fingerprint density at radius 3 is 2.69 bits per heavy atom. The van der Waals surface area contributed by atoms with Crippen LogP contribution in [0, 0.1) is 13.8 Å². The number of thiazole rings is 1. The second-order valence-corrected chi connectivity index (χ2v) is 9.40. The van der Waals surface area contributed by atoms with Gasteiger partial charge in [0.25, 0.3) is 5.91 Å². The van der Waals surface area contributed by atoms with Gasteiger partial charge in [-0.3, -0.25) is 14.6 Å². The Balaban J connectivity index is 1.66. The Labute approximate surface area is 197 Å². The van der Waals surface area contributed by atoms with Crippen molar-refractivity contribution in [3.05, 3.63) is 52.0 Å². The first-order valence-corrected chi connectivity index (χ1v) is 12.0. The van der Waals surface area contributed by atoms with E-state index in [0.717, 1.165) is 60.6 Å². The molecular formula is C24H28ClN3O3S. The third kappa shape index (κ3) is 4.91. The van der Waals surface area contributed by atoms with Gasteiger partial charge in [-0.25, -0.2) is 4.98 Å². The molecule has 2 heterocycles. The van der Waals surface area contributed by atoms with E-state index in [1.54, 1.807) is 41.5 Å². The number of carbonyl (C=O) groups excluding carboxylic acids is 1. The summed E-state index contributed by atoms with van der Waals surface area (Å²) in [5.74, 6) is 0.353. The fraction of sp³-hybridized carbons (Fsp3) is 0.417. The molecule has 0 saturated carbocycles. The summed E-state index contributed by atoms with van der Waals surface area (Å²) in [7, 11) is 1.56. The van der Waals surface area contributed by atoms with E-state index in [2.05, 4.69) is 30.9 Å². The normalized spacial score (nSPS) is 14.6. The third-order valence-electron chi connectivity index (χ3n) is 5.76. The van der Waals surface area contributed by atoms with Gasteiger partial charge in [-0.05, 0) is 49.6 Å². The van der Waals surface area contributed by atoms with E-state index in [-0.39, 0.29) is 5.91 Å². The van der Waals surface area contributed by atoms with Gasteiger partial charge in [0, 0.05) is 31.2 Å². The quantitative estimate of drug-likeness (QED) is 0.486. The number of ether oxygens (including phenoxy) is 2. The summed E-state index contributed by atoms with van der Waals surface area (Å²) in [6.45, 7) is 8.97. The van der Waals surface area contributed by atoms with Crippen molar-refractivity contribution in [1.29, 1.82) is 0 Å². The van der Waals surface area contributed by atoms with Crippen LogP contribution in [-0.4, -0.2) is 62.3 Å². The van der Waals surface area contributed by atoms with Gasteiger partial charge >= 0.3 is 0 Å². The van der Waals surface area contributed by atoms with E-state index in [1.165, 1.54) is 0 Å². The highest BCUT2D eigenvalue weighted by molar-refractivity contribution is 7.22. The van der Waals surface area contributed by atoms with E-state index in [1.807, 2.05) is 0 Å². The predicted molar refractivity (Wildman–Crippen MR) is 131 cm³/mol. The zero-order valence-corrected chi connectivity index (χ0v) is 20.3. The van der Waals surface area contributed by atoms with Gasteiger partial charge < -0.3 is 9.47 Å². The Morgan fingerprint density at radius 1 is 1.22 bits per heavy atom. The van der Waals surface area contributed by atoms with Crippen LogP contribution in [0.1, 0.15) is 27.9 Å². The molecule has 0 unspecified atom stereocenters. The van der Waals surface area contributed by atoms with Crippen molar-refractivity contribution in [2.24, 2.45) is 0 Å². The molecule has 3 aromatic rings. The zero-order chi connectivity index (χ0) is 22.7. The largest absolute Gasteiger partial charge is 0.496 e. The van der Waals surface area contributed by atoms with Gasteiger partial charge in [-0.15, -0.1) is 0 Å². The maximum absolute atomic E-state index is 13.7. The summed E-state index contributed by atoms with van der Waals surface area (Å²) in [6.07, 6.45) is 0.836. The highest BCUT2D eigenvalue weighted by Crippen LogP contribution is 2.35. The molecule has 1 fully saturated rings. The van der Waals surface area contributed by atoms with Crippen molar-refractivity contribution in [2.75, 3.05) is 51.4 Å². The monoisotopic (exact) mass is 473 g/mol. The number of aryl methyl sites for hydroxylation is 2. The van der Waals surface area contributed by atoms with Crippen LogP contribution in [0.2, 0.25) is 5.02 Å². The van der Waals surface area contributed by atoms with E-state index in [9.17, 15) is 4.79 Å². The number of anilines is 1. The van der Waals surface area contributed by atoms with Crippen LogP contribution in [0.4, 0.5) is 5.13 Å². The van der Waals surface area contributed by atoms with Gasteiger partial charge in [0.1, 0.15) is 5.75 Å². The third-order valence-corrected chi connectivity index (χ3v) is 7.21. The highest BCUT2D eigenvalue weighted by Gasteiger charge is 2.25. The Bertz CT molecular complexity index is 1070. The first-order chi connectivity index (χ1) is 15.5. The van der Waals surface area contributed by atoms with Crippen molar-refractivity contribution < 1.29 is 14.3 Å². The SMILES string of the molecule is COc1ccc(Cl)cc1C(=O)N(CCCN1CCOCC1)c1nc2c(C)ccc(C)c2s1. The van der Waals surface area contributed by atoms with E-state index in [4.69, 9.17) is 26.1 Å². The molecular weight excluding hydrogens is 446 g/mol. The summed E-state index contributed by atoms with van der Waals surface area (Å²) in [6, 6.07) is 9.30. The topological polar surface area (TPSA) is 54.9 Å². The van der Waals surface area contributed by atoms with Gasteiger partial charge in [0.2, 0.25) is 0 Å². The first kappa shape index (κ1) is 23.0. The molecule has 0 N–H and O–H groups in total. The number of methoxy groups -OCH3 is 1. The fourth-order valence-corrected chi connectivity index (χ4v) is 5.23. The van der Waals surface area contributed by atoms with E-state index in [0.29, 0.717) is 28.0 Å². The molecule has 0 radical (unpaired) electrons. The molecule has 0 aliphatic carbocycles. The molecule has 0 bridgehead atoms. The molecule has 8 heteroatoms. The average molecular weight is 474 g/mol. The van der Waals surface area contributed by atoms with Crippen molar-refractivity contribution in [3.63, 3.8) is 0 Å². The molecule has 1 aliphatic rings. The molecule has 1 aliphatic heterocycles. The molecule has 0 atom stereocenters. The summed E-state index contributed by atoms with van der Waals surface area (Å²) < 4.78 is 12.0. The number of carbonyl (C=O) groups is 1. The molecule has 2 aromatic carbocycles. The van der Waals surface area contributed by atoms with Crippen molar-refractivity contribution in [1.82, 2.24) is 9.88 Å². The zero-order valence-electron chi connectivity index (χ0n) is 18.7. The second kappa shape index (κ2) is 10.2. The number of morpholine rings is 1. The minimum Gasteiger partial charge on any atom is -0.496 e. The number of rotatable bonds is 7. The number of nitrogens with zero attached hydrogens (tertiary/aromatic N) is 3. The lowest BCUT2D eigenvalue weighted by molar-refractivity contribution is 0.0376. The molecule has 6 nitrogen and oxygen atoms in total. The Kier molecular flexibility index (Phi) is 7.30. The molecule has 1 aromatic heterocycles. The summed E-state index contributed by atoms with van der Waals surface area (Å²) >= 11 is 7.78. The fourth-order valence-electron chi connectivity index (χ4n) is 3.92. The Hall–Kier alpha value is -2.19.